The maximum absolute atomic E-state index is 13.1. The van der Waals surface area contributed by atoms with E-state index in [0.717, 1.165) is 5.56 Å². The highest BCUT2D eigenvalue weighted by Crippen LogP contribution is 2.42. The minimum absolute atomic E-state index is 0.000125. The lowest BCUT2D eigenvalue weighted by molar-refractivity contribution is -0.125. The molecule has 1 aliphatic heterocycles. The van der Waals surface area contributed by atoms with Crippen LogP contribution in [0.1, 0.15) is 34.7 Å². The van der Waals surface area contributed by atoms with Gasteiger partial charge in [-0.25, -0.2) is 0 Å². The first kappa shape index (κ1) is 20.3. The highest BCUT2D eigenvalue weighted by atomic mass is 16.5. The Bertz CT molecular complexity index is 911. The van der Waals surface area contributed by atoms with Crippen LogP contribution in [0.15, 0.2) is 48.5 Å². The average molecular weight is 408 g/mol. The molecule has 0 radical (unpaired) electrons. The maximum Gasteiger partial charge on any atom is 0.253 e. The molecule has 1 N–H and O–H groups in total. The average Bonchev–Trinajstić information content (AvgIpc) is 3.52. The predicted octanol–water partition coefficient (Wildman–Crippen LogP) is 3.09. The number of nitrogens with one attached hydrogen (secondary N) is 1. The van der Waals surface area contributed by atoms with E-state index in [-0.39, 0.29) is 23.7 Å². The number of methoxy groups -OCH3 is 2. The molecule has 0 bridgehead atoms. The van der Waals surface area contributed by atoms with E-state index in [1.807, 2.05) is 48.5 Å². The van der Waals surface area contributed by atoms with E-state index >= 15 is 0 Å². The number of para-hydroxylation sites is 1. The summed E-state index contributed by atoms with van der Waals surface area (Å²) >= 11 is 0. The van der Waals surface area contributed by atoms with Crippen molar-refractivity contribution in [1.82, 2.24) is 10.2 Å². The summed E-state index contributed by atoms with van der Waals surface area (Å²) in [6.07, 6.45) is 2.35. The van der Waals surface area contributed by atoms with Gasteiger partial charge in [-0.1, -0.05) is 30.3 Å². The number of ether oxygens (including phenoxy) is 2. The lowest BCUT2D eigenvalue weighted by Gasteiger charge is -2.21. The Hall–Kier alpha value is -3.02. The maximum atomic E-state index is 13.1. The van der Waals surface area contributed by atoms with Crippen LogP contribution in [0.3, 0.4) is 0 Å². The fourth-order valence-corrected chi connectivity index (χ4v) is 4.22. The quantitative estimate of drug-likeness (QED) is 0.765. The van der Waals surface area contributed by atoms with E-state index in [1.54, 1.807) is 19.1 Å². The van der Waals surface area contributed by atoms with E-state index in [4.69, 9.17) is 9.47 Å². The summed E-state index contributed by atoms with van der Waals surface area (Å²) in [5.74, 6) is 1.29. The smallest absolute Gasteiger partial charge is 0.253 e. The van der Waals surface area contributed by atoms with E-state index in [0.29, 0.717) is 42.6 Å². The van der Waals surface area contributed by atoms with Crippen LogP contribution in [-0.4, -0.2) is 50.6 Å². The van der Waals surface area contributed by atoms with Crippen molar-refractivity contribution in [3.8, 4) is 11.5 Å². The molecule has 1 saturated carbocycles. The van der Waals surface area contributed by atoms with E-state index in [2.05, 4.69) is 5.32 Å². The van der Waals surface area contributed by atoms with Gasteiger partial charge in [-0.05, 0) is 37.0 Å². The molecule has 1 aliphatic carbocycles. The van der Waals surface area contributed by atoms with Crippen molar-refractivity contribution in [2.75, 3.05) is 33.9 Å². The molecule has 1 heterocycles. The number of likely N-dealkylation sites (tertiary alicyclic amines) is 1. The highest BCUT2D eigenvalue weighted by Gasteiger charge is 2.42. The summed E-state index contributed by atoms with van der Waals surface area (Å²) in [6, 6.07) is 14.9. The molecule has 2 aromatic carbocycles. The second kappa shape index (κ2) is 8.78. The van der Waals surface area contributed by atoms with E-state index in [1.165, 1.54) is 12.8 Å². The summed E-state index contributed by atoms with van der Waals surface area (Å²) < 4.78 is 11.1. The third kappa shape index (κ3) is 4.13. The summed E-state index contributed by atoms with van der Waals surface area (Å²) in [4.78, 5) is 28.0. The Morgan fingerprint density at radius 2 is 1.77 bits per heavy atom. The summed E-state index contributed by atoms with van der Waals surface area (Å²) in [6.45, 7) is 1.55. The van der Waals surface area contributed by atoms with Gasteiger partial charge in [0, 0.05) is 36.7 Å². The minimum atomic E-state index is -0.336. The molecule has 6 nitrogen and oxygen atoms in total. The predicted molar refractivity (Wildman–Crippen MR) is 114 cm³/mol. The van der Waals surface area contributed by atoms with E-state index in [9.17, 15) is 9.59 Å². The molecule has 2 fully saturated rings. The Labute approximate surface area is 177 Å². The Morgan fingerprint density at radius 1 is 1.00 bits per heavy atom. The second-order valence-corrected chi connectivity index (χ2v) is 8.06. The van der Waals surface area contributed by atoms with Crippen LogP contribution >= 0.6 is 0 Å². The number of carbonyl (C=O) groups excluding carboxylic acids is 2. The Balaban J connectivity index is 1.63. The molecule has 30 heavy (non-hydrogen) atoms. The standard InChI is InChI=1S/C24H28N2O4/c1-29-21-10-6-9-18(22(21)30-2)19-14-26(24(28)17-7-4-3-5-8-17)15-20(19)23(27)25-13-16-11-12-16/h3-10,16,19-20H,11-15H2,1-2H3,(H,25,27)/t19-,20-/m0/s1. The number of amides is 2. The summed E-state index contributed by atoms with van der Waals surface area (Å²) in [5, 5.41) is 3.10. The van der Waals surface area contributed by atoms with Crippen LogP contribution in [0, 0.1) is 11.8 Å². The molecule has 4 rings (SSSR count). The lowest BCUT2D eigenvalue weighted by Crippen LogP contribution is -2.36. The SMILES string of the molecule is COc1cccc([C@@H]2CN(C(=O)c3ccccc3)C[C@@H]2C(=O)NCC2CC2)c1OC. The number of hydrogen-bond donors (Lipinski definition) is 1. The van der Waals surface area contributed by atoms with Crippen molar-refractivity contribution in [2.24, 2.45) is 11.8 Å². The normalized spacial score (nSPS) is 20.7. The minimum Gasteiger partial charge on any atom is -0.493 e. The highest BCUT2D eigenvalue weighted by molar-refractivity contribution is 5.95. The van der Waals surface area contributed by atoms with E-state index < -0.39 is 0 Å². The van der Waals surface area contributed by atoms with Gasteiger partial charge >= 0.3 is 0 Å². The number of rotatable bonds is 7. The largest absolute Gasteiger partial charge is 0.493 e. The zero-order valence-electron chi connectivity index (χ0n) is 17.5. The molecular formula is C24H28N2O4. The van der Waals surface area contributed by atoms with Crippen molar-refractivity contribution >= 4 is 11.8 Å². The Morgan fingerprint density at radius 3 is 2.43 bits per heavy atom. The summed E-state index contributed by atoms with van der Waals surface area (Å²) in [5.41, 5.74) is 1.53. The van der Waals surface area contributed by atoms with Gasteiger partial charge in [0.2, 0.25) is 5.91 Å². The fourth-order valence-electron chi connectivity index (χ4n) is 4.22. The van der Waals surface area contributed by atoms with Crippen molar-refractivity contribution in [3.63, 3.8) is 0 Å². The molecule has 6 heteroatoms. The van der Waals surface area contributed by atoms with Crippen molar-refractivity contribution in [3.05, 3.63) is 59.7 Å². The van der Waals surface area contributed by atoms with Crippen LogP contribution in [0.25, 0.3) is 0 Å². The van der Waals surface area contributed by atoms with Crippen molar-refractivity contribution in [1.29, 1.82) is 0 Å². The van der Waals surface area contributed by atoms with Gasteiger partial charge in [-0.2, -0.15) is 0 Å². The third-order valence-electron chi connectivity index (χ3n) is 6.06. The van der Waals surface area contributed by atoms with Crippen molar-refractivity contribution < 1.29 is 19.1 Å². The van der Waals surface area contributed by atoms with Gasteiger partial charge in [-0.15, -0.1) is 0 Å². The van der Waals surface area contributed by atoms with Gasteiger partial charge in [0.05, 0.1) is 20.1 Å². The number of benzene rings is 2. The molecule has 2 atom stereocenters. The van der Waals surface area contributed by atoms with Crippen LogP contribution in [0.2, 0.25) is 0 Å². The summed E-state index contributed by atoms with van der Waals surface area (Å²) in [7, 11) is 3.20. The second-order valence-electron chi connectivity index (χ2n) is 8.06. The number of carbonyl (C=O) groups is 2. The van der Waals surface area contributed by atoms with Gasteiger partial charge in [-0.3, -0.25) is 9.59 Å². The zero-order valence-corrected chi connectivity index (χ0v) is 17.5. The first-order valence-corrected chi connectivity index (χ1v) is 10.4. The fraction of sp³-hybridized carbons (Fsp3) is 0.417. The van der Waals surface area contributed by atoms with Crippen LogP contribution in [-0.2, 0) is 4.79 Å². The zero-order chi connectivity index (χ0) is 21.1. The first-order chi connectivity index (χ1) is 14.6. The van der Waals surface area contributed by atoms with Gasteiger partial charge in [0.1, 0.15) is 0 Å². The Kier molecular flexibility index (Phi) is 5.93. The lowest BCUT2D eigenvalue weighted by atomic mass is 9.87. The van der Waals surface area contributed by atoms with Crippen molar-refractivity contribution in [2.45, 2.75) is 18.8 Å². The number of nitrogens with zero attached hydrogens (tertiary/aromatic N) is 1. The monoisotopic (exact) mass is 408 g/mol. The number of hydrogen-bond acceptors (Lipinski definition) is 4. The molecular weight excluding hydrogens is 380 g/mol. The first-order valence-electron chi connectivity index (χ1n) is 10.4. The van der Waals surface area contributed by atoms with Gasteiger partial charge < -0.3 is 19.7 Å². The van der Waals surface area contributed by atoms with Crippen LogP contribution in [0.5, 0.6) is 11.5 Å². The molecule has 2 amide bonds. The van der Waals surface area contributed by atoms with Crippen LogP contribution < -0.4 is 14.8 Å². The molecule has 2 aromatic rings. The molecule has 2 aliphatic rings. The molecule has 0 aromatic heterocycles. The molecule has 158 valence electrons. The van der Waals surface area contributed by atoms with Gasteiger partial charge in [0.25, 0.3) is 5.91 Å². The molecule has 0 unspecified atom stereocenters. The van der Waals surface area contributed by atoms with Gasteiger partial charge in [0.15, 0.2) is 11.5 Å². The molecule has 0 spiro atoms. The third-order valence-corrected chi connectivity index (χ3v) is 6.06. The topological polar surface area (TPSA) is 67.9 Å². The molecule has 1 saturated heterocycles. The van der Waals surface area contributed by atoms with Crippen LogP contribution in [0.4, 0.5) is 0 Å².